The fourth-order valence-electron chi connectivity index (χ4n) is 3.01. The Bertz CT molecular complexity index is 820. The lowest BCUT2D eigenvalue weighted by molar-refractivity contribution is 0.0931. The molecule has 1 N–H and O–H groups in total. The summed E-state index contributed by atoms with van der Waals surface area (Å²) in [4.78, 5) is 26.1. The maximum Gasteiger partial charge on any atom is 0.415 e. The van der Waals surface area contributed by atoms with Gasteiger partial charge in [-0.25, -0.2) is 4.79 Å². The van der Waals surface area contributed by atoms with E-state index in [0.717, 1.165) is 12.8 Å². The van der Waals surface area contributed by atoms with Crippen molar-refractivity contribution in [3.05, 3.63) is 65.7 Å². The van der Waals surface area contributed by atoms with E-state index in [1.165, 1.54) is 0 Å². The van der Waals surface area contributed by atoms with Gasteiger partial charge in [-0.2, -0.15) is 5.26 Å². The van der Waals surface area contributed by atoms with E-state index in [0.29, 0.717) is 42.4 Å². The van der Waals surface area contributed by atoms with Crippen molar-refractivity contribution in [1.82, 2.24) is 10.2 Å². The molecule has 0 bridgehead atoms. The van der Waals surface area contributed by atoms with Crippen LogP contribution in [0.2, 0.25) is 0 Å². The molecular formula is C21H21N3O3. The van der Waals surface area contributed by atoms with Crippen LogP contribution in [0.5, 0.6) is 5.75 Å². The van der Waals surface area contributed by atoms with Crippen LogP contribution in [0.15, 0.2) is 54.6 Å². The highest BCUT2D eigenvalue weighted by Crippen LogP contribution is 2.18. The summed E-state index contributed by atoms with van der Waals surface area (Å²) >= 11 is 0. The maximum absolute atomic E-state index is 12.2. The number of amides is 2. The average Bonchev–Trinajstić information content (AvgIpc) is 2.73. The second-order valence-electron chi connectivity index (χ2n) is 6.51. The van der Waals surface area contributed by atoms with Crippen molar-refractivity contribution in [1.29, 1.82) is 5.26 Å². The molecule has 0 spiro atoms. The first-order valence-corrected chi connectivity index (χ1v) is 8.96. The average molecular weight is 363 g/mol. The molecule has 6 nitrogen and oxygen atoms in total. The summed E-state index contributed by atoms with van der Waals surface area (Å²) in [6.07, 6.45) is 1.30. The Morgan fingerprint density at radius 2 is 1.74 bits per heavy atom. The Morgan fingerprint density at radius 3 is 2.37 bits per heavy atom. The molecule has 6 heteroatoms. The number of piperidine rings is 1. The van der Waals surface area contributed by atoms with Crippen LogP contribution in [0.25, 0.3) is 0 Å². The summed E-state index contributed by atoms with van der Waals surface area (Å²) in [6, 6.07) is 17.6. The van der Waals surface area contributed by atoms with Gasteiger partial charge >= 0.3 is 6.09 Å². The first-order chi connectivity index (χ1) is 13.2. The van der Waals surface area contributed by atoms with E-state index >= 15 is 0 Å². The Morgan fingerprint density at radius 1 is 1.07 bits per heavy atom. The number of hydrogen-bond acceptors (Lipinski definition) is 4. The molecule has 2 aromatic rings. The van der Waals surface area contributed by atoms with Gasteiger partial charge in [0.15, 0.2) is 0 Å². The van der Waals surface area contributed by atoms with Crippen molar-refractivity contribution < 1.29 is 14.3 Å². The monoisotopic (exact) mass is 363 g/mol. The third kappa shape index (κ3) is 5.08. The quantitative estimate of drug-likeness (QED) is 0.904. The van der Waals surface area contributed by atoms with E-state index in [1.807, 2.05) is 24.3 Å². The van der Waals surface area contributed by atoms with Crippen LogP contribution in [-0.2, 0) is 0 Å². The summed E-state index contributed by atoms with van der Waals surface area (Å²) in [7, 11) is 0. The highest BCUT2D eigenvalue weighted by Gasteiger charge is 2.24. The van der Waals surface area contributed by atoms with E-state index in [1.54, 1.807) is 41.3 Å². The predicted octanol–water partition coefficient (Wildman–Crippen LogP) is 3.20. The number of para-hydroxylation sites is 1. The summed E-state index contributed by atoms with van der Waals surface area (Å²) < 4.78 is 5.36. The molecule has 0 saturated carbocycles. The topological polar surface area (TPSA) is 82.4 Å². The standard InChI is InChI=1S/C21H21N3O3/c22-14-16-6-8-18(9-7-16)20(25)23-15-17-10-12-24(13-11-17)21(26)27-19-4-2-1-3-5-19/h1-9,17H,10-13,15H2,(H,23,25). The van der Waals surface area contributed by atoms with Crippen LogP contribution in [0.4, 0.5) is 4.79 Å². The molecule has 0 aromatic heterocycles. The zero-order valence-electron chi connectivity index (χ0n) is 14.9. The lowest BCUT2D eigenvalue weighted by atomic mass is 9.97. The number of carbonyl (C=O) groups excluding carboxylic acids is 2. The van der Waals surface area contributed by atoms with Crippen molar-refractivity contribution >= 4 is 12.0 Å². The number of benzene rings is 2. The zero-order valence-corrected chi connectivity index (χ0v) is 14.9. The van der Waals surface area contributed by atoms with Gasteiger partial charge in [0.2, 0.25) is 0 Å². The Kier molecular flexibility index (Phi) is 6.06. The second-order valence-corrected chi connectivity index (χ2v) is 6.51. The molecule has 1 saturated heterocycles. The Labute approximate surface area is 158 Å². The molecule has 0 atom stereocenters. The van der Waals surface area contributed by atoms with Gasteiger partial charge in [-0.1, -0.05) is 18.2 Å². The van der Waals surface area contributed by atoms with E-state index in [2.05, 4.69) is 5.32 Å². The van der Waals surface area contributed by atoms with Crippen LogP contribution in [0.1, 0.15) is 28.8 Å². The Balaban J connectivity index is 1.42. The summed E-state index contributed by atoms with van der Waals surface area (Å²) in [5.41, 5.74) is 1.07. The van der Waals surface area contributed by atoms with Gasteiger partial charge in [0, 0.05) is 25.2 Å². The molecule has 1 aliphatic heterocycles. The number of nitrogens with one attached hydrogen (secondary N) is 1. The fraction of sp³-hybridized carbons (Fsp3) is 0.286. The van der Waals surface area contributed by atoms with Gasteiger partial charge in [-0.05, 0) is 55.2 Å². The smallest absolute Gasteiger partial charge is 0.410 e. The summed E-state index contributed by atoms with van der Waals surface area (Å²) in [5, 5.41) is 11.7. The number of nitriles is 1. The van der Waals surface area contributed by atoms with Crippen molar-refractivity contribution in [3.8, 4) is 11.8 Å². The van der Waals surface area contributed by atoms with Crippen molar-refractivity contribution in [2.75, 3.05) is 19.6 Å². The highest BCUT2D eigenvalue weighted by atomic mass is 16.6. The molecule has 2 aromatic carbocycles. The third-order valence-corrected chi connectivity index (χ3v) is 4.65. The number of hydrogen-bond donors (Lipinski definition) is 1. The normalized spacial score (nSPS) is 14.3. The predicted molar refractivity (Wildman–Crippen MR) is 100 cm³/mol. The number of carbonyl (C=O) groups is 2. The molecule has 0 radical (unpaired) electrons. The van der Waals surface area contributed by atoms with Gasteiger partial charge in [0.1, 0.15) is 5.75 Å². The lowest BCUT2D eigenvalue weighted by Crippen LogP contribution is -2.42. The van der Waals surface area contributed by atoms with Crippen molar-refractivity contribution in [2.24, 2.45) is 5.92 Å². The largest absolute Gasteiger partial charge is 0.415 e. The van der Waals surface area contributed by atoms with Gasteiger partial charge < -0.3 is 15.0 Å². The van der Waals surface area contributed by atoms with Gasteiger partial charge in [-0.15, -0.1) is 0 Å². The minimum atomic E-state index is -0.332. The number of ether oxygens (including phenoxy) is 1. The molecule has 1 fully saturated rings. The fourth-order valence-corrected chi connectivity index (χ4v) is 3.01. The van der Waals surface area contributed by atoms with Crippen LogP contribution < -0.4 is 10.1 Å². The van der Waals surface area contributed by atoms with E-state index in [4.69, 9.17) is 10.00 Å². The lowest BCUT2D eigenvalue weighted by Gasteiger charge is -2.31. The van der Waals surface area contributed by atoms with Crippen LogP contribution in [0.3, 0.4) is 0 Å². The molecule has 3 rings (SSSR count). The molecule has 138 valence electrons. The second kappa shape index (κ2) is 8.86. The zero-order chi connectivity index (χ0) is 19.1. The first kappa shape index (κ1) is 18.5. The SMILES string of the molecule is N#Cc1ccc(C(=O)NCC2CCN(C(=O)Oc3ccccc3)CC2)cc1. The molecule has 27 heavy (non-hydrogen) atoms. The maximum atomic E-state index is 12.2. The molecule has 0 unspecified atom stereocenters. The molecule has 1 aliphatic rings. The molecule has 1 heterocycles. The van der Waals surface area contributed by atoms with Crippen LogP contribution in [0, 0.1) is 17.2 Å². The van der Waals surface area contributed by atoms with Crippen LogP contribution >= 0.6 is 0 Å². The minimum Gasteiger partial charge on any atom is -0.410 e. The molecule has 2 amide bonds. The van der Waals surface area contributed by atoms with E-state index in [-0.39, 0.29) is 12.0 Å². The van der Waals surface area contributed by atoms with E-state index in [9.17, 15) is 9.59 Å². The summed E-state index contributed by atoms with van der Waals surface area (Å²) in [6.45, 7) is 1.80. The molecule has 0 aliphatic carbocycles. The molecular weight excluding hydrogens is 342 g/mol. The summed E-state index contributed by atoms with van der Waals surface area (Å²) in [5.74, 6) is 0.720. The van der Waals surface area contributed by atoms with Crippen LogP contribution in [-0.4, -0.2) is 36.5 Å². The van der Waals surface area contributed by atoms with Gasteiger partial charge in [0.25, 0.3) is 5.91 Å². The first-order valence-electron chi connectivity index (χ1n) is 8.96. The minimum absolute atomic E-state index is 0.148. The van der Waals surface area contributed by atoms with Crippen molar-refractivity contribution in [2.45, 2.75) is 12.8 Å². The third-order valence-electron chi connectivity index (χ3n) is 4.65. The van der Waals surface area contributed by atoms with E-state index < -0.39 is 0 Å². The number of rotatable bonds is 4. The number of nitrogens with zero attached hydrogens (tertiary/aromatic N) is 2. The highest BCUT2D eigenvalue weighted by molar-refractivity contribution is 5.94. The van der Waals surface area contributed by atoms with Gasteiger partial charge in [0.05, 0.1) is 11.6 Å². The van der Waals surface area contributed by atoms with Crippen molar-refractivity contribution in [3.63, 3.8) is 0 Å². The Hall–Kier alpha value is -3.33. The number of likely N-dealkylation sites (tertiary alicyclic amines) is 1. The van der Waals surface area contributed by atoms with Gasteiger partial charge in [-0.3, -0.25) is 4.79 Å².